The highest BCUT2D eigenvalue weighted by atomic mass is 79.9. The van der Waals surface area contributed by atoms with E-state index in [0.29, 0.717) is 11.6 Å². The first kappa shape index (κ1) is 15.2. The van der Waals surface area contributed by atoms with Gasteiger partial charge < -0.3 is 10.1 Å². The van der Waals surface area contributed by atoms with Crippen LogP contribution in [0.5, 0.6) is 5.75 Å². The molecule has 2 aromatic carbocycles. The minimum atomic E-state index is 0.206. The van der Waals surface area contributed by atoms with Crippen molar-refractivity contribution in [1.82, 2.24) is 0 Å². The third kappa shape index (κ3) is 3.90. The predicted molar refractivity (Wildman–Crippen MR) is 88.8 cm³/mol. The summed E-state index contributed by atoms with van der Waals surface area (Å²) in [6, 6.07) is 14.2. The molecule has 2 aromatic rings. The quantitative estimate of drug-likeness (QED) is 0.746. The molecule has 1 N–H and O–H groups in total. The first-order valence-corrected chi connectivity index (χ1v) is 7.71. The van der Waals surface area contributed by atoms with Gasteiger partial charge in [-0.05, 0) is 49.7 Å². The van der Waals surface area contributed by atoms with E-state index in [4.69, 9.17) is 16.3 Å². The van der Waals surface area contributed by atoms with Crippen molar-refractivity contribution in [2.24, 2.45) is 0 Å². The number of hydrogen-bond donors (Lipinski definition) is 1. The highest BCUT2D eigenvalue weighted by molar-refractivity contribution is 9.10. The molecule has 0 bridgehead atoms. The number of rotatable bonds is 5. The molecule has 4 heteroatoms. The van der Waals surface area contributed by atoms with Crippen molar-refractivity contribution >= 4 is 33.2 Å². The lowest BCUT2D eigenvalue weighted by atomic mass is 10.1. The van der Waals surface area contributed by atoms with Crippen LogP contribution in [0.1, 0.15) is 25.5 Å². The number of ether oxygens (including phenoxy) is 1. The Labute approximate surface area is 133 Å². The van der Waals surface area contributed by atoms with Gasteiger partial charge in [0.05, 0.1) is 11.6 Å². The second-order valence-electron chi connectivity index (χ2n) is 4.50. The van der Waals surface area contributed by atoms with Crippen molar-refractivity contribution in [3.63, 3.8) is 0 Å². The van der Waals surface area contributed by atoms with Crippen LogP contribution >= 0.6 is 27.5 Å². The molecule has 2 nitrogen and oxygen atoms in total. The zero-order valence-corrected chi connectivity index (χ0v) is 13.8. The van der Waals surface area contributed by atoms with Crippen LogP contribution in [0.25, 0.3) is 0 Å². The van der Waals surface area contributed by atoms with Gasteiger partial charge in [-0.3, -0.25) is 0 Å². The van der Waals surface area contributed by atoms with Crippen LogP contribution in [0.3, 0.4) is 0 Å². The second-order valence-corrected chi connectivity index (χ2v) is 5.82. The van der Waals surface area contributed by atoms with E-state index in [1.165, 1.54) is 5.56 Å². The zero-order chi connectivity index (χ0) is 14.5. The van der Waals surface area contributed by atoms with E-state index in [1.54, 1.807) is 0 Å². The van der Waals surface area contributed by atoms with Crippen molar-refractivity contribution in [3.05, 3.63) is 57.5 Å². The standard InChI is InChI=1S/C16H17BrClNO/c1-3-20-16-9-8-14(10-15(16)18)19-11(2)12-4-6-13(17)7-5-12/h4-11,19H,3H2,1-2H3. The van der Waals surface area contributed by atoms with Gasteiger partial charge in [-0.25, -0.2) is 0 Å². The summed E-state index contributed by atoms with van der Waals surface area (Å²) < 4.78 is 6.51. The molecule has 106 valence electrons. The lowest BCUT2D eigenvalue weighted by molar-refractivity contribution is 0.340. The number of nitrogens with one attached hydrogen (secondary N) is 1. The second kappa shape index (κ2) is 7.00. The molecule has 0 aromatic heterocycles. The van der Waals surface area contributed by atoms with E-state index < -0.39 is 0 Å². The molecule has 20 heavy (non-hydrogen) atoms. The monoisotopic (exact) mass is 353 g/mol. The Morgan fingerprint density at radius 3 is 2.50 bits per heavy atom. The van der Waals surface area contributed by atoms with Gasteiger partial charge in [0.15, 0.2) is 0 Å². The van der Waals surface area contributed by atoms with Crippen LogP contribution in [0.4, 0.5) is 5.69 Å². The van der Waals surface area contributed by atoms with E-state index in [1.807, 2.05) is 37.3 Å². The number of benzene rings is 2. The molecule has 0 heterocycles. The summed E-state index contributed by atoms with van der Waals surface area (Å²) in [5.74, 6) is 0.719. The highest BCUT2D eigenvalue weighted by Gasteiger charge is 2.07. The fourth-order valence-corrected chi connectivity index (χ4v) is 2.45. The van der Waals surface area contributed by atoms with Crippen molar-refractivity contribution < 1.29 is 4.74 Å². The summed E-state index contributed by atoms with van der Waals surface area (Å²) in [4.78, 5) is 0. The Hall–Kier alpha value is -1.19. The Bertz CT molecular complexity index is 571. The molecule has 0 spiro atoms. The van der Waals surface area contributed by atoms with Gasteiger partial charge in [0.1, 0.15) is 5.75 Å². The zero-order valence-electron chi connectivity index (χ0n) is 11.5. The Kier molecular flexibility index (Phi) is 5.32. The van der Waals surface area contributed by atoms with Gasteiger partial charge in [0.2, 0.25) is 0 Å². The smallest absolute Gasteiger partial charge is 0.138 e. The average molecular weight is 355 g/mol. The first-order valence-electron chi connectivity index (χ1n) is 6.54. The topological polar surface area (TPSA) is 21.3 Å². The molecule has 0 fully saturated rings. The summed E-state index contributed by atoms with van der Waals surface area (Å²) >= 11 is 9.63. The van der Waals surface area contributed by atoms with Crippen LogP contribution in [-0.4, -0.2) is 6.61 Å². The Morgan fingerprint density at radius 1 is 1.20 bits per heavy atom. The van der Waals surface area contributed by atoms with Crippen LogP contribution in [0.2, 0.25) is 5.02 Å². The van der Waals surface area contributed by atoms with Crippen molar-refractivity contribution in [2.75, 3.05) is 11.9 Å². The Balaban J connectivity index is 2.09. The van der Waals surface area contributed by atoms with Crippen molar-refractivity contribution in [3.8, 4) is 5.75 Å². The molecule has 1 atom stereocenters. The fraction of sp³-hybridized carbons (Fsp3) is 0.250. The molecule has 0 saturated heterocycles. The summed E-state index contributed by atoms with van der Waals surface area (Å²) in [5.41, 5.74) is 2.20. The molecule has 0 aliphatic carbocycles. The molecule has 0 amide bonds. The van der Waals surface area contributed by atoms with E-state index in [0.717, 1.165) is 15.9 Å². The van der Waals surface area contributed by atoms with Crippen LogP contribution in [0, 0.1) is 0 Å². The van der Waals surface area contributed by atoms with Crippen LogP contribution in [0.15, 0.2) is 46.9 Å². The van der Waals surface area contributed by atoms with Gasteiger partial charge in [-0.2, -0.15) is 0 Å². The van der Waals surface area contributed by atoms with Gasteiger partial charge in [0.25, 0.3) is 0 Å². The maximum Gasteiger partial charge on any atom is 0.138 e. The molecule has 0 aliphatic heterocycles. The van der Waals surface area contributed by atoms with E-state index in [2.05, 4.69) is 40.3 Å². The van der Waals surface area contributed by atoms with E-state index >= 15 is 0 Å². The van der Waals surface area contributed by atoms with E-state index in [9.17, 15) is 0 Å². The minimum absolute atomic E-state index is 0.206. The maximum absolute atomic E-state index is 6.19. The molecule has 0 radical (unpaired) electrons. The molecule has 0 saturated carbocycles. The normalized spacial score (nSPS) is 12.0. The van der Waals surface area contributed by atoms with Crippen LogP contribution in [-0.2, 0) is 0 Å². The molecule has 1 unspecified atom stereocenters. The van der Waals surface area contributed by atoms with Crippen molar-refractivity contribution in [1.29, 1.82) is 0 Å². The summed E-state index contributed by atoms with van der Waals surface area (Å²) in [7, 11) is 0. The SMILES string of the molecule is CCOc1ccc(NC(C)c2ccc(Br)cc2)cc1Cl. The predicted octanol–water partition coefficient (Wildman–Crippen LogP) is 5.67. The maximum atomic E-state index is 6.19. The third-order valence-electron chi connectivity index (χ3n) is 2.98. The minimum Gasteiger partial charge on any atom is -0.492 e. The fourth-order valence-electron chi connectivity index (χ4n) is 1.95. The Morgan fingerprint density at radius 2 is 1.90 bits per heavy atom. The summed E-state index contributed by atoms with van der Waals surface area (Å²) in [5, 5.41) is 4.06. The van der Waals surface area contributed by atoms with Gasteiger partial charge >= 0.3 is 0 Å². The number of hydrogen-bond acceptors (Lipinski definition) is 2. The van der Waals surface area contributed by atoms with Gasteiger partial charge in [-0.1, -0.05) is 39.7 Å². The largest absolute Gasteiger partial charge is 0.492 e. The highest BCUT2D eigenvalue weighted by Crippen LogP contribution is 2.29. The molecule has 2 rings (SSSR count). The third-order valence-corrected chi connectivity index (χ3v) is 3.81. The molecule has 0 aliphatic rings. The van der Waals surface area contributed by atoms with Gasteiger partial charge in [-0.15, -0.1) is 0 Å². The average Bonchev–Trinajstić information content (AvgIpc) is 2.42. The van der Waals surface area contributed by atoms with E-state index in [-0.39, 0.29) is 6.04 Å². The first-order chi connectivity index (χ1) is 9.60. The van der Waals surface area contributed by atoms with Gasteiger partial charge in [0, 0.05) is 16.2 Å². The summed E-state index contributed by atoms with van der Waals surface area (Å²) in [6.07, 6.45) is 0. The van der Waals surface area contributed by atoms with Crippen molar-refractivity contribution in [2.45, 2.75) is 19.9 Å². The molecular formula is C16H17BrClNO. The number of halogens is 2. The number of anilines is 1. The summed E-state index contributed by atoms with van der Waals surface area (Å²) in [6.45, 7) is 4.67. The lowest BCUT2D eigenvalue weighted by Gasteiger charge is -2.17. The van der Waals surface area contributed by atoms with Crippen LogP contribution < -0.4 is 10.1 Å². The molecular weight excluding hydrogens is 338 g/mol. The lowest BCUT2D eigenvalue weighted by Crippen LogP contribution is -2.06.